The normalized spacial score (nSPS) is 13.8. The van der Waals surface area contributed by atoms with E-state index >= 15 is 0 Å². The maximum atomic E-state index is 3.47. The van der Waals surface area contributed by atoms with Crippen LogP contribution in [0.4, 0.5) is 0 Å². The first kappa shape index (κ1) is 14.9. The van der Waals surface area contributed by atoms with Crippen molar-refractivity contribution in [3.63, 3.8) is 0 Å². The molecule has 0 rings (SSSR count). The number of nitrogens with zero attached hydrogens (tertiary/aromatic N) is 2. The molecule has 1 N–H and O–H groups in total. The summed E-state index contributed by atoms with van der Waals surface area (Å²) in [4.78, 5) is 4.65. The number of hydrogen-bond acceptors (Lipinski definition) is 3. The van der Waals surface area contributed by atoms with Gasteiger partial charge in [0.05, 0.1) is 0 Å². The number of likely N-dealkylation sites (N-methyl/N-ethyl adjacent to an activating group) is 2. The fourth-order valence-electron chi connectivity index (χ4n) is 1.58. The monoisotopic (exact) mass is 215 g/mol. The van der Waals surface area contributed by atoms with Crippen molar-refractivity contribution in [3.05, 3.63) is 0 Å². The van der Waals surface area contributed by atoms with Crippen LogP contribution in [0.3, 0.4) is 0 Å². The fourth-order valence-corrected chi connectivity index (χ4v) is 1.58. The van der Waals surface area contributed by atoms with Crippen molar-refractivity contribution in [2.24, 2.45) is 5.92 Å². The zero-order chi connectivity index (χ0) is 11.7. The van der Waals surface area contributed by atoms with Crippen molar-refractivity contribution in [2.75, 3.05) is 53.9 Å². The highest BCUT2D eigenvalue weighted by atomic mass is 15.1. The molecule has 0 saturated heterocycles. The topological polar surface area (TPSA) is 18.5 Å². The van der Waals surface area contributed by atoms with Crippen LogP contribution in [-0.4, -0.2) is 63.7 Å². The molecule has 3 nitrogen and oxygen atoms in total. The Bertz CT molecular complexity index is 137. The van der Waals surface area contributed by atoms with Crippen molar-refractivity contribution >= 4 is 0 Å². The van der Waals surface area contributed by atoms with E-state index in [0.717, 1.165) is 32.1 Å². The summed E-state index contributed by atoms with van der Waals surface area (Å²) in [6.07, 6.45) is 1.23. The van der Waals surface area contributed by atoms with E-state index in [4.69, 9.17) is 0 Å². The van der Waals surface area contributed by atoms with Crippen molar-refractivity contribution < 1.29 is 0 Å². The molecule has 1 atom stereocenters. The van der Waals surface area contributed by atoms with Gasteiger partial charge in [-0.2, -0.15) is 0 Å². The van der Waals surface area contributed by atoms with Crippen LogP contribution in [0.2, 0.25) is 0 Å². The van der Waals surface area contributed by atoms with Crippen LogP contribution in [-0.2, 0) is 0 Å². The Labute approximate surface area is 95.8 Å². The van der Waals surface area contributed by atoms with Crippen LogP contribution < -0.4 is 5.32 Å². The lowest BCUT2D eigenvalue weighted by molar-refractivity contribution is 0.250. The predicted octanol–water partition coefficient (Wildman–Crippen LogP) is 1.12. The molecular weight excluding hydrogens is 186 g/mol. The van der Waals surface area contributed by atoms with E-state index in [1.165, 1.54) is 13.0 Å². The largest absolute Gasteiger partial charge is 0.316 e. The Morgan fingerprint density at radius 1 is 1.13 bits per heavy atom. The summed E-state index contributed by atoms with van der Waals surface area (Å²) in [5.41, 5.74) is 0. The summed E-state index contributed by atoms with van der Waals surface area (Å²) in [6, 6.07) is 0. The third-order valence-corrected chi connectivity index (χ3v) is 2.47. The quantitative estimate of drug-likeness (QED) is 0.581. The standard InChI is InChI=1S/C12H29N3/c1-6-7-13-10-12(2)11-15(5)9-8-14(3)4/h12-13H,6-11H2,1-5H3. The molecule has 0 fully saturated rings. The summed E-state index contributed by atoms with van der Waals surface area (Å²) < 4.78 is 0. The van der Waals surface area contributed by atoms with E-state index in [-0.39, 0.29) is 0 Å². The third-order valence-electron chi connectivity index (χ3n) is 2.47. The van der Waals surface area contributed by atoms with Crippen molar-refractivity contribution in [1.82, 2.24) is 15.1 Å². The van der Waals surface area contributed by atoms with Crippen LogP contribution >= 0.6 is 0 Å². The zero-order valence-corrected chi connectivity index (χ0v) is 11.2. The molecule has 3 heteroatoms. The molecule has 0 heterocycles. The minimum atomic E-state index is 0.740. The Kier molecular flexibility index (Phi) is 9.06. The van der Waals surface area contributed by atoms with E-state index in [1.54, 1.807) is 0 Å². The predicted molar refractivity (Wildman–Crippen MR) is 68.4 cm³/mol. The molecule has 0 saturated carbocycles. The van der Waals surface area contributed by atoms with E-state index in [9.17, 15) is 0 Å². The van der Waals surface area contributed by atoms with Gasteiger partial charge in [0.2, 0.25) is 0 Å². The Morgan fingerprint density at radius 2 is 1.80 bits per heavy atom. The zero-order valence-electron chi connectivity index (χ0n) is 11.2. The van der Waals surface area contributed by atoms with E-state index in [1.807, 2.05) is 0 Å². The van der Waals surface area contributed by atoms with E-state index in [0.29, 0.717) is 0 Å². The number of rotatable bonds is 9. The van der Waals surface area contributed by atoms with E-state index in [2.05, 4.69) is 50.1 Å². The minimum absolute atomic E-state index is 0.740. The molecule has 0 aromatic carbocycles. The highest BCUT2D eigenvalue weighted by Crippen LogP contribution is 1.96. The first-order valence-corrected chi connectivity index (χ1v) is 6.10. The molecule has 0 aliphatic carbocycles. The third kappa shape index (κ3) is 10.2. The van der Waals surface area contributed by atoms with Gasteiger partial charge in [-0.15, -0.1) is 0 Å². The van der Waals surface area contributed by atoms with Crippen LogP contribution in [0.5, 0.6) is 0 Å². The summed E-state index contributed by atoms with van der Waals surface area (Å²) in [5.74, 6) is 0.740. The first-order chi connectivity index (χ1) is 7.06. The van der Waals surface area contributed by atoms with Crippen LogP contribution in [0, 0.1) is 5.92 Å². The van der Waals surface area contributed by atoms with Gasteiger partial charge in [-0.25, -0.2) is 0 Å². The summed E-state index contributed by atoms with van der Waals surface area (Å²) in [5, 5.41) is 3.47. The molecule has 15 heavy (non-hydrogen) atoms. The SMILES string of the molecule is CCCNCC(C)CN(C)CCN(C)C. The molecule has 0 bridgehead atoms. The summed E-state index contributed by atoms with van der Waals surface area (Å²) in [7, 11) is 6.46. The average Bonchev–Trinajstić information content (AvgIpc) is 2.15. The molecule has 0 aromatic rings. The molecule has 0 aliphatic rings. The smallest absolute Gasteiger partial charge is 0.0106 e. The maximum absolute atomic E-state index is 3.47. The number of hydrogen-bond donors (Lipinski definition) is 1. The van der Waals surface area contributed by atoms with Gasteiger partial charge in [-0.05, 0) is 46.6 Å². The maximum Gasteiger partial charge on any atom is 0.0106 e. The van der Waals surface area contributed by atoms with Gasteiger partial charge in [-0.1, -0.05) is 13.8 Å². The lowest BCUT2D eigenvalue weighted by atomic mass is 10.1. The molecule has 0 spiro atoms. The Hall–Kier alpha value is -0.120. The highest BCUT2D eigenvalue weighted by molar-refractivity contribution is 4.62. The second kappa shape index (κ2) is 9.13. The van der Waals surface area contributed by atoms with Gasteiger partial charge in [0, 0.05) is 19.6 Å². The van der Waals surface area contributed by atoms with Crippen molar-refractivity contribution in [1.29, 1.82) is 0 Å². The molecule has 0 aromatic heterocycles. The molecule has 0 aliphatic heterocycles. The second-order valence-electron chi connectivity index (χ2n) is 4.87. The van der Waals surface area contributed by atoms with Gasteiger partial charge >= 0.3 is 0 Å². The molecule has 1 unspecified atom stereocenters. The molecular formula is C12H29N3. The minimum Gasteiger partial charge on any atom is -0.316 e. The van der Waals surface area contributed by atoms with Crippen molar-refractivity contribution in [2.45, 2.75) is 20.3 Å². The van der Waals surface area contributed by atoms with Gasteiger partial charge in [-0.3, -0.25) is 0 Å². The summed E-state index contributed by atoms with van der Waals surface area (Å²) in [6.45, 7) is 10.3. The van der Waals surface area contributed by atoms with Gasteiger partial charge in [0.25, 0.3) is 0 Å². The van der Waals surface area contributed by atoms with Gasteiger partial charge < -0.3 is 15.1 Å². The molecule has 92 valence electrons. The van der Waals surface area contributed by atoms with Crippen LogP contribution in [0.25, 0.3) is 0 Å². The molecule has 0 radical (unpaired) electrons. The lowest BCUT2D eigenvalue weighted by Crippen LogP contribution is -2.35. The Morgan fingerprint density at radius 3 is 2.33 bits per heavy atom. The fraction of sp³-hybridized carbons (Fsp3) is 1.00. The second-order valence-corrected chi connectivity index (χ2v) is 4.87. The van der Waals surface area contributed by atoms with Gasteiger partial charge in [0.1, 0.15) is 0 Å². The molecule has 0 amide bonds. The first-order valence-electron chi connectivity index (χ1n) is 6.10. The number of nitrogens with one attached hydrogen (secondary N) is 1. The summed E-state index contributed by atoms with van der Waals surface area (Å²) >= 11 is 0. The van der Waals surface area contributed by atoms with Crippen LogP contribution in [0.15, 0.2) is 0 Å². The average molecular weight is 215 g/mol. The highest BCUT2D eigenvalue weighted by Gasteiger charge is 2.05. The van der Waals surface area contributed by atoms with Crippen LogP contribution in [0.1, 0.15) is 20.3 Å². The van der Waals surface area contributed by atoms with Crippen molar-refractivity contribution in [3.8, 4) is 0 Å². The van der Waals surface area contributed by atoms with Gasteiger partial charge in [0.15, 0.2) is 0 Å². The van der Waals surface area contributed by atoms with E-state index < -0.39 is 0 Å². The Balaban J connectivity index is 3.44. The lowest BCUT2D eigenvalue weighted by Gasteiger charge is -2.23.